The summed E-state index contributed by atoms with van der Waals surface area (Å²) in [6.07, 6.45) is 3.31. The molecule has 0 aromatic carbocycles. The van der Waals surface area contributed by atoms with Crippen LogP contribution >= 0.6 is 11.6 Å². The summed E-state index contributed by atoms with van der Waals surface area (Å²) in [6, 6.07) is 0. The van der Waals surface area contributed by atoms with Gasteiger partial charge in [0.15, 0.2) is 0 Å². The second-order valence-electron chi connectivity index (χ2n) is 3.71. The predicted molar refractivity (Wildman–Crippen MR) is 64.2 cm³/mol. The molecule has 0 aliphatic carbocycles. The van der Waals surface area contributed by atoms with Crippen molar-refractivity contribution in [3.63, 3.8) is 0 Å². The molecule has 1 aromatic rings. The number of halogens is 1. The second kappa shape index (κ2) is 6.13. The van der Waals surface area contributed by atoms with Gasteiger partial charge in [0, 0.05) is 13.6 Å². The zero-order valence-corrected chi connectivity index (χ0v) is 10.6. The van der Waals surface area contributed by atoms with Crippen molar-refractivity contribution in [1.82, 2.24) is 15.1 Å². The molecule has 0 spiro atoms. The van der Waals surface area contributed by atoms with E-state index in [1.54, 1.807) is 0 Å². The number of hydrogen-bond acceptors (Lipinski definition) is 2. The maximum Gasteiger partial charge on any atom is 0.0863 e. The number of nitrogens with zero attached hydrogens (tertiary/aromatic N) is 2. The molecule has 1 rings (SSSR count). The highest BCUT2D eigenvalue weighted by molar-refractivity contribution is 6.31. The van der Waals surface area contributed by atoms with Crippen LogP contribution in [0, 0.1) is 0 Å². The molecule has 0 amide bonds. The standard InChI is InChI=1S/C11H20ClN3/c1-4-6-7-13-8-10-11(12)9(5-2)14-15(10)3/h13H,4-8H2,1-3H3. The van der Waals surface area contributed by atoms with Crippen LogP contribution in [-0.4, -0.2) is 16.3 Å². The van der Waals surface area contributed by atoms with Crippen molar-refractivity contribution in [3.8, 4) is 0 Å². The zero-order valence-electron chi connectivity index (χ0n) is 9.81. The number of unbranched alkanes of at least 4 members (excludes halogenated alkanes) is 1. The molecule has 0 radical (unpaired) electrons. The number of hydrogen-bond donors (Lipinski definition) is 1. The average molecular weight is 230 g/mol. The number of aryl methyl sites for hydroxylation is 2. The molecule has 0 bridgehead atoms. The highest BCUT2D eigenvalue weighted by Gasteiger charge is 2.11. The van der Waals surface area contributed by atoms with Crippen molar-refractivity contribution < 1.29 is 0 Å². The molecule has 0 saturated heterocycles. The molecule has 3 nitrogen and oxygen atoms in total. The molecule has 0 saturated carbocycles. The molecular formula is C11H20ClN3. The largest absolute Gasteiger partial charge is 0.311 e. The van der Waals surface area contributed by atoms with Crippen molar-refractivity contribution in [2.45, 2.75) is 39.7 Å². The predicted octanol–water partition coefficient (Wildman–Crippen LogP) is 2.53. The lowest BCUT2D eigenvalue weighted by Gasteiger charge is -2.04. The SMILES string of the molecule is CCCCNCc1c(Cl)c(CC)nn1C. The van der Waals surface area contributed by atoms with E-state index in [0.717, 1.165) is 35.9 Å². The first-order valence-corrected chi connectivity index (χ1v) is 5.99. The van der Waals surface area contributed by atoms with Crippen molar-refractivity contribution in [2.24, 2.45) is 7.05 Å². The Hall–Kier alpha value is -0.540. The Morgan fingerprint density at radius 3 is 2.67 bits per heavy atom. The van der Waals surface area contributed by atoms with E-state index >= 15 is 0 Å². The molecule has 86 valence electrons. The van der Waals surface area contributed by atoms with Gasteiger partial charge in [-0.15, -0.1) is 0 Å². The van der Waals surface area contributed by atoms with Crippen LogP contribution in [0.3, 0.4) is 0 Å². The van der Waals surface area contributed by atoms with Crippen LogP contribution < -0.4 is 5.32 Å². The molecule has 15 heavy (non-hydrogen) atoms. The smallest absolute Gasteiger partial charge is 0.0863 e. The Kier molecular flexibility index (Phi) is 5.12. The molecule has 0 atom stereocenters. The maximum atomic E-state index is 6.22. The summed E-state index contributed by atoms with van der Waals surface area (Å²) in [7, 11) is 1.95. The summed E-state index contributed by atoms with van der Waals surface area (Å²) in [5.41, 5.74) is 2.08. The first-order chi connectivity index (χ1) is 7.20. The van der Waals surface area contributed by atoms with E-state index < -0.39 is 0 Å². The normalized spacial score (nSPS) is 10.9. The van der Waals surface area contributed by atoms with Gasteiger partial charge in [-0.25, -0.2) is 0 Å². The van der Waals surface area contributed by atoms with E-state index in [2.05, 4.69) is 24.3 Å². The van der Waals surface area contributed by atoms with Crippen molar-refractivity contribution in [2.75, 3.05) is 6.54 Å². The topological polar surface area (TPSA) is 29.9 Å². The number of rotatable bonds is 6. The van der Waals surface area contributed by atoms with Gasteiger partial charge in [-0.2, -0.15) is 5.10 Å². The summed E-state index contributed by atoms with van der Waals surface area (Å²) in [5.74, 6) is 0. The fourth-order valence-electron chi connectivity index (χ4n) is 1.52. The van der Waals surface area contributed by atoms with Gasteiger partial charge in [-0.05, 0) is 19.4 Å². The minimum absolute atomic E-state index is 0.808. The van der Waals surface area contributed by atoms with Crippen LogP contribution in [-0.2, 0) is 20.0 Å². The third kappa shape index (κ3) is 3.21. The Morgan fingerprint density at radius 1 is 1.40 bits per heavy atom. The first-order valence-electron chi connectivity index (χ1n) is 5.61. The molecule has 1 heterocycles. The summed E-state index contributed by atoms with van der Waals surface area (Å²) in [5, 5.41) is 8.57. The molecule has 1 N–H and O–H groups in total. The summed E-state index contributed by atoms with van der Waals surface area (Å²) < 4.78 is 1.88. The lowest BCUT2D eigenvalue weighted by molar-refractivity contribution is 0.601. The lowest BCUT2D eigenvalue weighted by Crippen LogP contribution is -2.17. The third-order valence-electron chi connectivity index (χ3n) is 2.50. The van der Waals surface area contributed by atoms with Gasteiger partial charge < -0.3 is 5.32 Å². The maximum absolute atomic E-state index is 6.22. The van der Waals surface area contributed by atoms with Crippen molar-refractivity contribution >= 4 is 11.6 Å². The van der Waals surface area contributed by atoms with E-state index in [9.17, 15) is 0 Å². The number of nitrogens with one attached hydrogen (secondary N) is 1. The van der Waals surface area contributed by atoms with Gasteiger partial charge >= 0.3 is 0 Å². The van der Waals surface area contributed by atoms with Gasteiger partial charge in [-0.1, -0.05) is 31.9 Å². The minimum atomic E-state index is 0.808. The van der Waals surface area contributed by atoms with Gasteiger partial charge in [-0.3, -0.25) is 4.68 Å². The van der Waals surface area contributed by atoms with Crippen LogP contribution in [0.5, 0.6) is 0 Å². The van der Waals surface area contributed by atoms with E-state index in [1.807, 2.05) is 11.7 Å². The zero-order chi connectivity index (χ0) is 11.3. The molecule has 0 fully saturated rings. The first kappa shape index (κ1) is 12.5. The van der Waals surface area contributed by atoms with Crippen LogP contribution in [0.2, 0.25) is 5.02 Å². The fourth-order valence-corrected chi connectivity index (χ4v) is 1.88. The summed E-state index contributed by atoms with van der Waals surface area (Å²) in [6.45, 7) is 6.11. The molecule has 4 heteroatoms. The molecule has 0 unspecified atom stereocenters. The summed E-state index contributed by atoms with van der Waals surface area (Å²) >= 11 is 6.22. The van der Waals surface area contributed by atoms with E-state index in [4.69, 9.17) is 11.6 Å². The van der Waals surface area contributed by atoms with E-state index in [1.165, 1.54) is 12.8 Å². The fraction of sp³-hybridized carbons (Fsp3) is 0.727. The highest BCUT2D eigenvalue weighted by atomic mass is 35.5. The van der Waals surface area contributed by atoms with Gasteiger partial charge in [0.05, 0.1) is 16.4 Å². The third-order valence-corrected chi connectivity index (χ3v) is 2.94. The van der Waals surface area contributed by atoms with E-state index in [-0.39, 0.29) is 0 Å². The summed E-state index contributed by atoms with van der Waals surface area (Å²) in [4.78, 5) is 0. The Bertz CT molecular complexity index is 307. The van der Waals surface area contributed by atoms with Crippen LogP contribution in [0.4, 0.5) is 0 Å². The van der Waals surface area contributed by atoms with Crippen LogP contribution in [0.15, 0.2) is 0 Å². The van der Waals surface area contributed by atoms with Gasteiger partial charge in [0.1, 0.15) is 0 Å². The Morgan fingerprint density at radius 2 is 2.13 bits per heavy atom. The van der Waals surface area contributed by atoms with Crippen LogP contribution in [0.1, 0.15) is 38.1 Å². The lowest BCUT2D eigenvalue weighted by atomic mass is 10.3. The minimum Gasteiger partial charge on any atom is -0.311 e. The molecule has 1 aromatic heterocycles. The average Bonchev–Trinajstić information content (AvgIpc) is 2.50. The Labute approximate surface area is 96.8 Å². The molecule has 0 aliphatic rings. The quantitative estimate of drug-likeness (QED) is 0.760. The van der Waals surface area contributed by atoms with Crippen molar-refractivity contribution in [3.05, 3.63) is 16.4 Å². The Balaban J connectivity index is 2.56. The number of aromatic nitrogens is 2. The monoisotopic (exact) mass is 229 g/mol. The molecule has 0 aliphatic heterocycles. The highest BCUT2D eigenvalue weighted by Crippen LogP contribution is 2.20. The molecular weight excluding hydrogens is 210 g/mol. The second-order valence-corrected chi connectivity index (χ2v) is 4.09. The van der Waals surface area contributed by atoms with E-state index in [0.29, 0.717) is 0 Å². The van der Waals surface area contributed by atoms with Crippen LogP contribution in [0.25, 0.3) is 0 Å². The van der Waals surface area contributed by atoms with Gasteiger partial charge in [0.2, 0.25) is 0 Å². The van der Waals surface area contributed by atoms with Gasteiger partial charge in [0.25, 0.3) is 0 Å². The van der Waals surface area contributed by atoms with Crippen molar-refractivity contribution in [1.29, 1.82) is 0 Å².